The van der Waals surface area contributed by atoms with Gasteiger partial charge in [-0.25, -0.2) is 0 Å². The zero-order chi connectivity index (χ0) is 19.8. The van der Waals surface area contributed by atoms with E-state index in [9.17, 15) is 4.79 Å². The molecule has 1 heterocycles. The summed E-state index contributed by atoms with van der Waals surface area (Å²) in [4.78, 5) is 14.1. The summed E-state index contributed by atoms with van der Waals surface area (Å²) in [5.74, 6) is 1.69. The maximum atomic E-state index is 13.0. The Balaban J connectivity index is 2.36. The van der Waals surface area contributed by atoms with Gasteiger partial charge in [-0.15, -0.1) is 11.3 Å². The predicted molar refractivity (Wildman–Crippen MR) is 109 cm³/mol. The smallest absolute Gasteiger partial charge is 0.252 e. The van der Waals surface area contributed by atoms with Crippen LogP contribution in [-0.2, 0) is 0 Å². The molecule has 1 N–H and O–H groups in total. The van der Waals surface area contributed by atoms with Crippen molar-refractivity contribution < 1.29 is 19.0 Å². The lowest BCUT2D eigenvalue weighted by Crippen LogP contribution is -2.31. The molecule has 5 nitrogen and oxygen atoms in total. The first-order valence-corrected chi connectivity index (χ1v) is 10.3. The number of amides is 1. The third-order valence-electron chi connectivity index (χ3n) is 3.97. The van der Waals surface area contributed by atoms with Crippen molar-refractivity contribution in [1.82, 2.24) is 5.32 Å². The molecule has 2 aromatic rings. The van der Waals surface area contributed by atoms with E-state index >= 15 is 0 Å². The summed E-state index contributed by atoms with van der Waals surface area (Å²) in [5, 5.41) is 5.17. The molecule has 1 amide bonds. The number of ether oxygens (including phenoxy) is 3. The first kappa shape index (κ1) is 21.1. The molecule has 27 heavy (non-hydrogen) atoms. The molecule has 2 rings (SSSR count). The van der Waals surface area contributed by atoms with Crippen LogP contribution in [0.2, 0.25) is 0 Å². The van der Waals surface area contributed by atoms with Crippen LogP contribution < -0.4 is 19.5 Å². The summed E-state index contributed by atoms with van der Waals surface area (Å²) in [6, 6.07) is 7.44. The lowest BCUT2D eigenvalue weighted by atomic mass is 10.0. The molecule has 148 valence electrons. The fourth-order valence-corrected chi connectivity index (χ4v) is 3.73. The van der Waals surface area contributed by atoms with Crippen LogP contribution >= 0.6 is 11.3 Å². The Bertz CT molecular complexity index is 701. The molecule has 0 saturated carbocycles. The predicted octanol–water partition coefficient (Wildman–Crippen LogP) is 5.07. The van der Waals surface area contributed by atoms with E-state index in [4.69, 9.17) is 14.2 Å². The summed E-state index contributed by atoms with van der Waals surface area (Å²) in [6.45, 7) is 11.3. The van der Waals surface area contributed by atoms with Crippen molar-refractivity contribution in [1.29, 1.82) is 0 Å². The Morgan fingerprint density at radius 1 is 1.04 bits per heavy atom. The van der Waals surface area contributed by atoms with Gasteiger partial charge in [-0.1, -0.05) is 19.9 Å². The van der Waals surface area contributed by atoms with Gasteiger partial charge < -0.3 is 19.5 Å². The van der Waals surface area contributed by atoms with Crippen molar-refractivity contribution in [3.8, 4) is 17.2 Å². The van der Waals surface area contributed by atoms with Crippen molar-refractivity contribution in [2.24, 2.45) is 5.92 Å². The molecule has 1 atom stereocenters. The van der Waals surface area contributed by atoms with Crippen molar-refractivity contribution in [3.63, 3.8) is 0 Å². The first-order valence-electron chi connectivity index (χ1n) is 9.42. The van der Waals surface area contributed by atoms with E-state index in [0.717, 1.165) is 4.88 Å². The molecular formula is C21H29NO4S. The van der Waals surface area contributed by atoms with Gasteiger partial charge in [-0.05, 0) is 50.3 Å². The van der Waals surface area contributed by atoms with Crippen LogP contribution in [0.1, 0.15) is 55.9 Å². The largest absolute Gasteiger partial charge is 0.490 e. The maximum absolute atomic E-state index is 13.0. The SMILES string of the molecule is CCOc1cc(C(=O)NC(c2cccs2)C(C)C)cc(OCC)c1OCC. The number of thiophene rings is 1. The lowest BCUT2D eigenvalue weighted by Gasteiger charge is -2.22. The lowest BCUT2D eigenvalue weighted by molar-refractivity contribution is 0.0925. The van der Waals surface area contributed by atoms with Crippen LogP contribution in [0.15, 0.2) is 29.6 Å². The summed E-state index contributed by atoms with van der Waals surface area (Å²) < 4.78 is 17.1. The van der Waals surface area contributed by atoms with Crippen molar-refractivity contribution in [2.45, 2.75) is 40.7 Å². The second-order valence-corrected chi connectivity index (χ2v) is 7.29. The number of hydrogen-bond donors (Lipinski definition) is 1. The molecule has 1 unspecified atom stereocenters. The number of hydrogen-bond acceptors (Lipinski definition) is 5. The average Bonchev–Trinajstić information content (AvgIpc) is 3.16. The monoisotopic (exact) mass is 391 g/mol. The zero-order valence-electron chi connectivity index (χ0n) is 16.7. The number of carbonyl (C=O) groups is 1. The van der Waals surface area contributed by atoms with Gasteiger partial charge in [0.15, 0.2) is 11.5 Å². The molecule has 0 radical (unpaired) electrons. The molecular weight excluding hydrogens is 362 g/mol. The number of carbonyl (C=O) groups excluding carboxylic acids is 1. The Labute approximate surface area is 165 Å². The normalized spacial score (nSPS) is 11.9. The number of rotatable bonds is 10. The van der Waals surface area contributed by atoms with E-state index in [0.29, 0.717) is 42.6 Å². The molecule has 1 aromatic heterocycles. The minimum atomic E-state index is -0.160. The van der Waals surface area contributed by atoms with E-state index in [1.165, 1.54) is 0 Å². The summed E-state index contributed by atoms with van der Waals surface area (Å²) in [6.07, 6.45) is 0. The van der Waals surface area contributed by atoms with E-state index in [-0.39, 0.29) is 17.9 Å². The maximum Gasteiger partial charge on any atom is 0.252 e. The van der Waals surface area contributed by atoms with Crippen molar-refractivity contribution in [2.75, 3.05) is 19.8 Å². The van der Waals surface area contributed by atoms with Gasteiger partial charge in [0.25, 0.3) is 5.91 Å². The van der Waals surface area contributed by atoms with Gasteiger partial charge in [0.2, 0.25) is 5.75 Å². The fourth-order valence-electron chi connectivity index (χ4n) is 2.78. The second kappa shape index (κ2) is 10.2. The van der Waals surface area contributed by atoms with Crippen LogP contribution in [0.25, 0.3) is 0 Å². The van der Waals surface area contributed by atoms with E-state index < -0.39 is 0 Å². The van der Waals surface area contributed by atoms with Crippen LogP contribution in [0.5, 0.6) is 17.2 Å². The third kappa shape index (κ3) is 5.39. The molecule has 6 heteroatoms. The van der Waals surface area contributed by atoms with Crippen LogP contribution in [0, 0.1) is 5.92 Å². The number of benzene rings is 1. The highest BCUT2D eigenvalue weighted by atomic mass is 32.1. The minimum Gasteiger partial charge on any atom is -0.490 e. The Hall–Kier alpha value is -2.21. The molecule has 0 saturated heterocycles. The third-order valence-corrected chi connectivity index (χ3v) is 4.93. The molecule has 0 aliphatic heterocycles. The van der Waals surface area contributed by atoms with Crippen molar-refractivity contribution in [3.05, 3.63) is 40.1 Å². The summed E-state index contributed by atoms with van der Waals surface area (Å²) >= 11 is 1.64. The molecule has 0 aliphatic carbocycles. The number of nitrogens with one attached hydrogen (secondary N) is 1. The summed E-state index contributed by atoms with van der Waals surface area (Å²) in [7, 11) is 0. The minimum absolute atomic E-state index is 0.0462. The molecule has 0 spiro atoms. The molecule has 0 aliphatic rings. The highest BCUT2D eigenvalue weighted by molar-refractivity contribution is 7.10. The highest BCUT2D eigenvalue weighted by Gasteiger charge is 2.23. The molecule has 0 bridgehead atoms. The quantitative estimate of drug-likeness (QED) is 0.614. The van der Waals surface area contributed by atoms with Gasteiger partial charge in [0.05, 0.1) is 25.9 Å². The van der Waals surface area contributed by atoms with Gasteiger partial charge in [-0.3, -0.25) is 4.79 Å². The van der Waals surface area contributed by atoms with Crippen LogP contribution in [0.3, 0.4) is 0 Å². The van der Waals surface area contributed by atoms with Gasteiger partial charge in [0.1, 0.15) is 0 Å². The van der Waals surface area contributed by atoms with Crippen molar-refractivity contribution >= 4 is 17.2 Å². The van der Waals surface area contributed by atoms with Crippen LogP contribution in [0.4, 0.5) is 0 Å². The van der Waals surface area contributed by atoms with E-state index in [2.05, 4.69) is 19.2 Å². The van der Waals surface area contributed by atoms with Gasteiger partial charge >= 0.3 is 0 Å². The van der Waals surface area contributed by atoms with E-state index in [1.807, 2.05) is 38.3 Å². The second-order valence-electron chi connectivity index (χ2n) is 6.31. The van der Waals surface area contributed by atoms with Gasteiger partial charge in [0, 0.05) is 10.4 Å². The first-order chi connectivity index (χ1) is 13.0. The molecule has 1 aromatic carbocycles. The average molecular weight is 392 g/mol. The molecule has 0 fully saturated rings. The fraction of sp³-hybridized carbons (Fsp3) is 0.476. The van der Waals surface area contributed by atoms with Gasteiger partial charge in [-0.2, -0.15) is 0 Å². The van der Waals surface area contributed by atoms with Crippen LogP contribution in [-0.4, -0.2) is 25.7 Å². The Morgan fingerprint density at radius 2 is 1.63 bits per heavy atom. The van der Waals surface area contributed by atoms with E-state index in [1.54, 1.807) is 23.5 Å². The topological polar surface area (TPSA) is 56.8 Å². The Morgan fingerprint density at radius 3 is 2.07 bits per heavy atom. The Kier molecular flexibility index (Phi) is 7.98. The highest BCUT2D eigenvalue weighted by Crippen LogP contribution is 2.39. The standard InChI is InChI=1S/C21H29NO4S/c1-6-24-16-12-15(13-17(25-7-2)20(16)26-8-3)21(23)22-19(14(4)5)18-10-9-11-27-18/h9-14,19H,6-8H2,1-5H3,(H,22,23). The zero-order valence-corrected chi connectivity index (χ0v) is 17.5. The summed E-state index contributed by atoms with van der Waals surface area (Å²) in [5.41, 5.74) is 0.493.